The van der Waals surface area contributed by atoms with Crippen LogP contribution in [0, 0.1) is 0 Å². The fourth-order valence-corrected chi connectivity index (χ4v) is 0.748. The monoisotopic (exact) mass is 128 g/mol. The molecule has 0 heterocycles. The number of carbonyl (C=O) groups excluding carboxylic acids is 1. The molecule has 1 rings (SSSR count). The lowest BCUT2D eigenvalue weighted by atomic mass is 10.0. The van der Waals surface area contributed by atoms with E-state index in [1.165, 1.54) is 14.2 Å². The molecule has 0 atom stereocenters. The van der Waals surface area contributed by atoms with Crippen molar-refractivity contribution in [2.45, 2.75) is 6.42 Å². The quantitative estimate of drug-likeness (QED) is 0.542. The van der Waals surface area contributed by atoms with E-state index in [2.05, 4.69) is 0 Å². The molecule has 0 bridgehead atoms. The highest BCUT2D eigenvalue weighted by Crippen LogP contribution is 2.24. The molecule has 0 aromatic rings. The predicted octanol–water partition coefficient (Wildman–Crippen LogP) is 0.464. The van der Waals surface area contributed by atoms with Crippen molar-refractivity contribution in [1.82, 2.24) is 0 Å². The summed E-state index contributed by atoms with van der Waals surface area (Å²) in [6.07, 6.45) is 0.389. The van der Waals surface area contributed by atoms with Crippen LogP contribution in [0.1, 0.15) is 6.42 Å². The Hall–Kier alpha value is -0.990. The molecular weight excluding hydrogens is 120 g/mol. The molecular formula is C6H8O3. The van der Waals surface area contributed by atoms with Gasteiger partial charge in [0, 0.05) is 0 Å². The highest BCUT2D eigenvalue weighted by atomic mass is 16.5. The van der Waals surface area contributed by atoms with Gasteiger partial charge in [0.15, 0.2) is 0 Å². The van der Waals surface area contributed by atoms with Gasteiger partial charge in [0.05, 0.1) is 20.6 Å². The maximum atomic E-state index is 10.6. The summed E-state index contributed by atoms with van der Waals surface area (Å²) >= 11 is 0. The lowest BCUT2D eigenvalue weighted by Crippen LogP contribution is -2.20. The molecule has 1 aliphatic carbocycles. The van der Waals surface area contributed by atoms with E-state index in [1.54, 1.807) is 0 Å². The van der Waals surface area contributed by atoms with E-state index in [0.29, 0.717) is 17.9 Å². The van der Waals surface area contributed by atoms with Gasteiger partial charge in [-0.1, -0.05) is 0 Å². The first-order valence-electron chi connectivity index (χ1n) is 2.64. The van der Waals surface area contributed by atoms with Crippen LogP contribution in [0.5, 0.6) is 0 Å². The first kappa shape index (κ1) is 6.13. The van der Waals surface area contributed by atoms with E-state index in [4.69, 9.17) is 9.47 Å². The molecule has 3 nitrogen and oxygen atoms in total. The molecule has 3 heteroatoms. The van der Waals surface area contributed by atoms with Crippen molar-refractivity contribution in [2.75, 3.05) is 14.2 Å². The van der Waals surface area contributed by atoms with Gasteiger partial charge in [-0.2, -0.15) is 0 Å². The molecule has 0 radical (unpaired) electrons. The van der Waals surface area contributed by atoms with Crippen LogP contribution in [0.2, 0.25) is 0 Å². The maximum absolute atomic E-state index is 10.6. The van der Waals surface area contributed by atoms with E-state index in [-0.39, 0.29) is 5.78 Å². The van der Waals surface area contributed by atoms with Crippen molar-refractivity contribution >= 4 is 5.78 Å². The Balaban J connectivity index is 2.70. The highest BCUT2D eigenvalue weighted by molar-refractivity contribution is 6.01. The number of ketones is 1. The largest absolute Gasteiger partial charge is 0.497 e. The molecule has 9 heavy (non-hydrogen) atoms. The van der Waals surface area contributed by atoms with Gasteiger partial charge in [-0.15, -0.1) is 0 Å². The zero-order valence-electron chi connectivity index (χ0n) is 5.43. The average molecular weight is 128 g/mol. The van der Waals surface area contributed by atoms with Crippen molar-refractivity contribution in [3.8, 4) is 0 Å². The van der Waals surface area contributed by atoms with Crippen LogP contribution in [0.3, 0.4) is 0 Å². The Morgan fingerprint density at radius 3 is 2.22 bits per heavy atom. The molecule has 0 N–H and O–H groups in total. The number of allylic oxidation sites excluding steroid dienone is 2. The Kier molecular flexibility index (Phi) is 1.42. The minimum atomic E-state index is 0.0225. The predicted molar refractivity (Wildman–Crippen MR) is 30.7 cm³/mol. The SMILES string of the molecule is COC1=C(OC)C(=O)C1. The Labute approximate surface area is 53.3 Å². The summed E-state index contributed by atoms with van der Waals surface area (Å²) in [6, 6.07) is 0. The summed E-state index contributed by atoms with van der Waals surface area (Å²) < 4.78 is 9.50. The molecule has 0 spiro atoms. The zero-order chi connectivity index (χ0) is 6.85. The topological polar surface area (TPSA) is 35.5 Å². The molecule has 0 aromatic heterocycles. The number of hydrogen-bond donors (Lipinski definition) is 0. The fraction of sp³-hybridized carbons (Fsp3) is 0.500. The van der Waals surface area contributed by atoms with E-state index in [9.17, 15) is 4.79 Å². The average Bonchev–Trinajstić information content (AvgIpc) is 1.83. The van der Waals surface area contributed by atoms with Crippen molar-refractivity contribution in [1.29, 1.82) is 0 Å². The second kappa shape index (κ2) is 2.09. The van der Waals surface area contributed by atoms with Gasteiger partial charge in [0.1, 0.15) is 5.76 Å². The van der Waals surface area contributed by atoms with Gasteiger partial charge < -0.3 is 9.47 Å². The molecule has 1 aliphatic rings. The van der Waals surface area contributed by atoms with Crippen LogP contribution in [-0.4, -0.2) is 20.0 Å². The normalized spacial score (nSPS) is 17.3. The van der Waals surface area contributed by atoms with Gasteiger partial charge in [-0.3, -0.25) is 4.79 Å². The van der Waals surface area contributed by atoms with Crippen LogP contribution in [0.25, 0.3) is 0 Å². The summed E-state index contributed by atoms with van der Waals surface area (Å²) in [5.41, 5.74) is 0. The van der Waals surface area contributed by atoms with E-state index >= 15 is 0 Å². The van der Waals surface area contributed by atoms with Gasteiger partial charge in [-0.05, 0) is 0 Å². The van der Waals surface area contributed by atoms with Gasteiger partial charge in [0.25, 0.3) is 0 Å². The number of methoxy groups -OCH3 is 2. The summed E-state index contributed by atoms with van der Waals surface area (Å²) in [5, 5.41) is 0. The van der Waals surface area contributed by atoms with E-state index < -0.39 is 0 Å². The van der Waals surface area contributed by atoms with Gasteiger partial charge in [0.2, 0.25) is 11.5 Å². The zero-order valence-corrected chi connectivity index (χ0v) is 5.43. The molecule has 0 fully saturated rings. The third-order valence-corrected chi connectivity index (χ3v) is 1.28. The number of Topliss-reactive ketones (excluding diaryl/α,β-unsaturated/α-hetero) is 1. The third-order valence-electron chi connectivity index (χ3n) is 1.28. The molecule has 0 aromatic carbocycles. The Morgan fingerprint density at radius 1 is 1.33 bits per heavy atom. The molecule has 0 aliphatic heterocycles. The minimum absolute atomic E-state index is 0.0225. The maximum Gasteiger partial charge on any atom is 0.208 e. The van der Waals surface area contributed by atoms with Crippen molar-refractivity contribution < 1.29 is 14.3 Å². The van der Waals surface area contributed by atoms with Crippen LogP contribution in [-0.2, 0) is 14.3 Å². The van der Waals surface area contributed by atoms with Gasteiger partial charge in [-0.25, -0.2) is 0 Å². The number of rotatable bonds is 2. The lowest BCUT2D eigenvalue weighted by Gasteiger charge is -2.18. The van der Waals surface area contributed by atoms with Crippen molar-refractivity contribution in [3.63, 3.8) is 0 Å². The van der Waals surface area contributed by atoms with Crippen LogP contribution >= 0.6 is 0 Å². The molecule has 0 amide bonds. The van der Waals surface area contributed by atoms with E-state index in [1.807, 2.05) is 0 Å². The molecule has 0 unspecified atom stereocenters. The fourth-order valence-electron chi connectivity index (χ4n) is 0.748. The highest BCUT2D eigenvalue weighted by Gasteiger charge is 2.29. The van der Waals surface area contributed by atoms with Crippen molar-refractivity contribution in [3.05, 3.63) is 11.5 Å². The number of hydrogen-bond acceptors (Lipinski definition) is 3. The Morgan fingerprint density at radius 2 is 2.00 bits per heavy atom. The summed E-state index contributed by atoms with van der Waals surface area (Å²) in [5.74, 6) is 1.05. The lowest BCUT2D eigenvalue weighted by molar-refractivity contribution is -0.122. The number of carbonyl (C=O) groups is 1. The smallest absolute Gasteiger partial charge is 0.208 e. The Bertz CT molecular complexity index is 169. The summed E-state index contributed by atoms with van der Waals surface area (Å²) in [4.78, 5) is 10.6. The molecule has 0 saturated carbocycles. The first-order chi connectivity index (χ1) is 4.29. The van der Waals surface area contributed by atoms with Gasteiger partial charge >= 0.3 is 0 Å². The van der Waals surface area contributed by atoms with Crippen LogP contribution in [0.4, 0.5) is 0 Å². The first-order valence-corrected chi connectivity index (χ1v) is 2.64. The third kappa shape index (κ3) is 0.781. The standard InChI is InChI=1S/C6H8O3/c1-8-5-3-4(7)6(5)9-2/h3H2,1-2H3. The second-order valence-corrected chi connectivity index (χ2v) is 1.76. The minimum Gasteiger partial charge on any atom is -0.497 e. The molecule has 0 saturated heterocycles. The van der Waals surface area contributed by atoms with Crippen LogP contribution in [0.15, 0.2) is 11.5 Å². The molecule has 50 valence electrons. The summed E-state index contributed by atoms with van der Waals surface area (Å²) in [6.45, 7) is 0. The summed E-state index contributed by atoms with van der Waals surface area (Å²) in [7, 11) is 2.99. The van der Waals surface area contributed by atoms with E-state index in [0.717, 1.165) is 0 Å². The van der Waals surface area contributed by atoms with Crippen molar-refractivity contribution in [2.24, 2.45) is 0 Å². The second-order valence-electron chi connectivity index (χ2n) is 1.76. The van der Waals surface area contributed by atoms with Crippen LogP contribution < -0.4 is 0 Å². The number of ether oxygens (including phenoxy) is 2.